The molecule has 1 rings (SSSR count). The third kappa shape index (κ3) is 2.81. The highest BCUT2D eigenvalue weighted by Gasteiger charge is 2.12. The van der Waals surface area contributed by atoms with Crippen LogP contribution in [0.2, 0.25) is 10.0 Å². The highest BCUT2D eigenvalue weighted by Crippen LogP contribution is 2.36. The third-order valence-corrected chi connectivity index (χ3v) is 3.10. The van der Waals surface area contributed by atoms with E-state index in [4.69, 9.17) is 58.0 Å². The van der Waals surface area contributed by atoms with Gasteiger partial charge in [-0.25, -0.2) is 0 Å². The first kappa shape index (κ1) is 11.7. The molecule has 0 amide bonds. The second-order valence-electron chi connectivity index (χ2n) is 2.42. The highest BCUT2D eigenvalue weighted by molar-refractivity contribution is 6.47. The van der Waals surface area contributed by atoms with Gasteiger partial charge in [0.1, 0.15) is 4.84 Å². The molecular formula is C8H5Cl5. The monoisotopic (exact) mass is 276 g/mol. The molecule has 0 aliphatic rings. The van der Waals surface area contributed by atoms with Gasteiger partial charge in [0.05, 0.1) is 10.0 Å². The Balaban J connectivity index is 3.25. The maximum Gasteiger partial charge on any atom is 0.134 e. The number of alkyl halides is 3. The Morgan fingerprint density at radius 3 is 2.23 bits per heavy atom. The van der Waals surface area contributed by atoms with Crippen LogP contribution in [0.15, 0.2) is 12.1 Å². The van der Waals surface area contributed by atoms with Crippen LogP contribution in [-0.2, 0) is 5.88 Å². The van der Waals surface area contributed by atoms with Crippen molar-refractivity contribution in [3.05, 3.63) is 33.3 Å². The number of halogens is 5. The van der Waals surface area contributed by atoms with Crippen molar-refractivity contribution in [2.75, 3.05) is 0 Å². The van der Waals surface area contributed by atoms with Crippen LogP contribution in [0.4, 0.5) is 0 Å². The summed E-state index contributed by atoms with van der Waals surface area (Å²) in [6, 6.07) is 3.43. The van der Waals surface area contributed by atoms with Gasteiger partial charge in [0, 0.05) is 11.4 Å². The molecule has 0 saturated carbocycles. The minimum atomic E-state index is -0.687. The first-order valence-corrected chi connectivity index (χ1v) is 5.54. The van der Waals surface area contributed by atoms with Crippen LogP contribution in [0, 0.1) is 0 Å². The molecule has 0 nitrogen and oxygen atoms in total. The van der Waals surface area contributed by atoms with Crippen LogP contribution in [0.5, 0.6) is 0 Å². The smallest absolute Gasteiger partial charge is 0.122 e. The maximum atomic E-state index is 5.87. The fourth-order valence-electron chi connectivity index (χ4n) is 0.905. The summed E-state index contributed by atoms with van der Waals surface area (Å²) in [6.45, 7) is 0. The summed E-state index contributed by atoms with van der Waals surface area (Å²) in [5, 5.41) is 0.798. The standard InChI is InChI=1S/C8H5Cl5/c9-3-4-1-5(8(12)13)7(11)6(10)2-4/h1-2,8H,3H2. The molecule has 0 unspecified atom stereocenters. The van der Waals surface area contributed by atoms with E-state index in [-0.39, 0.29) is 0 Å². The molecule has 0 saturated heterocycles. The van der Waals surface area contributed by atoms with Gasteiger partial charge in [0.15, 0.2) is 0 Å². The minimum Gasteiger partial charge on any atom is -0.122 e. The topological polar surface area (TPSA) is 0 Å². The molecule has 13 heavy (non-hydrogen) atoms. The summed E-state index contributed by atoms with van der Waals surface area (Å²) in [5.74, 6) is 0.352. The van der Waals surface area contributed by atoms with Gasteiger partial charge in [0.2, 0.25) is 0 Å². The van der Waals surface area contributed by atoms with E-state index < -0.39 is 4.84 Å². The molecule has 1 aromatic rings. The molecule has 1 aromatic carbocycles. The normalized spacial score (nSPS) is 10.9. The zero-order valence-electron chi connectivity index (χ0n) is 6.33. The van der Waals surface area contributed by atoms with Gasteiger partial charge >= 0.3 is 0 Å². The molecule has 0 aromatic heterocycles. The lowest BCUT2D eigenvalue weighted by molar-refractivity contribution is 1.29. The second-order valence-corrected chi connectivity index (χ2v) is 4.56. The maximum absolute atomic E-state index is 5.87. The van der Waals surface area contributed by atoms with Crippen LogP contribution in [0.3, 0.4) is 0 Å². The van der Waals surface area contributed by atoms with Crippen molar-refractivity contribution >= 4 is 58.0 Å². The number of benzene rings is 1. The van der Waals surface area contributed by atoms with Gasteiger partial charge in [-0.05, 0) is 11.6 Å². The van der Waals surface area contributed by atoms with Crippen molar-refractivity contribution in [2.45, 2.75) is 10.7 Å². The molecule has 0 aliphatic carbocycles. The van der Waals surface area contributed by atoms with E-state index in [2.05, 4.69) is 0 Å². The van der Waals surface area contributed by atoms with Gasteiger partial charge in [0.25, 0.3) is 0 Å². The fourth-order valence-corrected chi connectivity index (χ4v) is 1.98. The Bertz CT molecular complexity index is 308. The predicted octanol–water partition coefficient (Wildman–Crippen LogP) is 5.21. The van der Waals surface area contributed by atoms with Crippen LogP contribution < -0.4 is 0 Å². The molecular weight excluding hydrogens is 273 g/mol. The molecule has 0 spiro atoms. The molecule has 0 atom stereocenters. The van der Waals surface area contributed by atoms with Crippen LogP contribution in [-0.4, -0.2) is 0 Å². The van der Waals surface area contributed by atoms with Crippen molar-refractivity contribution in [3.63, 3.8) is 0 Å². The lowest BCUT2D eigenvalue weighted by Gasteiger charge is -2.08. The Morgan fingerprint density at radius 2 is 1.77 bits per heavy atom. The van der Waals surface area contributed by atoms with E-state index in [1.54, 1.807) is 12.1 Å². The van der Waals surface area contributed by atoms with Crippen molar-refractivity contribution in [1.82, 2.24) is 0 Å². The summed E-state index contributed by atoms with van der Waals surface area (Å²) in [6.07, 6.45) is 0. The van der Waals surface area contributed by atoms with Gasteiger partial charge in [-0.15, -0.1) is 34.8 Å². The number of hydrogen-bond donors (Lipinski definition) is 0. The Morgan fingerprint density at radius 1 is 1.15 bits per heavy atom. The molecule has 0 heterocycles. The molecule has 0 N–H and O–H groups in total. The van der Waals surface area contributed by atoms with Gasteiger partial charge in [-0.1, -0.05) is 29.3 Å². The summed E-state index contributed by atoms with van der Waals surface area (Å²) < 4.78 is 0. The van der Waals surface area contributed by atoms with Crippen molar-refractivity contribution < 1.29 is 0 Å². The quantitative estimate of drug-likeness (QED) is 0.652. The van der Waals surface area contributed by atoms with E-state index in [0.717, 1.165) is 5.56 Å². The first-order chi connectivity index (χ1) is 6.06. The second kappa shape index (κ2) is 4.95. The largest absolute Gasteiger partial charge is 0.134 e. The highest BCUT2D eigenvalue weighted by atomic mass is 35.5. The lowest BCUT2D eigenvalue weighted by Crippen LogP contribution is -1.88. The van der Waals surface area contributed by atoms with Crippen LogP contribution in [0.1, 0.15) is 16.0 Å². The fraction of sp³-hybridized carbons (Fsp3) is 0.250. The van der Waals surface area contributed by atoms with Crippen LogP contribution >= 0.6 is 58.0 Å². The van der Waals surface area contributed by atoms with E-state index in [1.165, 1.54) is 0 Å². The molecule has 72 valence electrons. The summed E-state index contributed by atoms with van der Waals surface area (Å²) in [7, 11) is 0. The third-order valence-electron chi connectivity index (χ3n) is 1.51. The average molecular weight is 278 g/mol. The van der Waals surface area contributed by atoms with Crippen molar-refractivity contribution in [1.29, 1.82) is 0 Å². The zero-order chi connectivity index (χ0) is 10.0. The lowest BCUT2D eigenvalue weighted by atomic mass is 10.1. The molecule has 0 bridgehead atoms. The molecule has 0 fully saturated rings. The number of hydrogen-bond acceptors (Lipinski definition) is 0. The van der Waals surface area contributed by atoms with Gasteiger partial charge < -0.3 is 0 Å². The van der Waals surface area contributed by atoms with E-state index in [9.17, 15) is 0 Å². The number of rotatable bonds is 2. The van der Waals surface area contributed by atoms with E-state index in [0.29, 0.717) is 21.5 Å². The molecule has 0 aliphatic heterocycles. The van der Waals surface area contributed by atoms with Crippen molar-refractivity contribution in [3.8, 4) is 0 Å². The molecule has 0 radical (unpaired) electrons. The molecule has 5 heteroatoms. The summed E-state index contributed by atoms with van der Waals surface area (Å²) >= 11 is 28.7. The average Bonchev–Trinajstić information content (AvgIpc) is 2.09. The van der Waals surface area contributed by atoms with Crippen LogP contribution in [0.25, 0.3) is 0 Å². The van der Waals surface area contributed by atoms with E-state index in [1.807, 2.05) is 0 Å². The van der Waals surface area contributed by atoms with Gasteiger partial charge in [-0.3, -0.25) is 0 Å². The SMILES string of the molecule is ClCc1cc(Cl)c(Cl)c(C(Cl)Cl)c1. The van der Waals surface area contributed by atoms with Crippen molar-refractivity contribution in [2.24, 2.45) is 0 Å². The van der Waals surface area contributed by atoms with Gasteiger partial charge in [-0.2, -0.15) is 0 Å². The first-order valence-electron chi connectivity index (χ1n) is 3.38. The predicted molar refractivity (Wildman–Crippen MR) is 60.5 cm³/mol. The Hall–Kier alpha value is 0.670. The Labute approximate surface area is 102 Å². The minimum absolute atomic E-state index is 0.352. The summed E-state index contributed by atoms with van der Waals surface area (Å²) in [5.41, 5.74) is 1.44. The zero-order valence-corrected chi connectivity index (χ0v) is 10.1. The Kier molecular flexibility index (Phi) is 4.47. The summed E-state index contributed by atoms with van der Waals surface area (Å²) in [4.78, 5) is -0.687. The van der Waals surface area contributed by atoms with E-state index >= 15 is 0 Å².